The predicted octanol–water partition coefficient (Wildman–Crippen LogP) is 4.28. The smallest absolute Gasteiger partial charge is 0.264 e. The number of ether oxygens (including phenoxy) is 1. The molecule has 2 aromatic carbocycles. The van der Waals surface area contributed by atoms with E-state index in [-0.39, 0.29) is 22.8 Å². The Labute approximate surface area is 185 Å². The molecule has 1 amide bonds. The van der Waals surface area contributed by atoms with Gasteiger partial charge in [0, 0.05) is 5.54 Å². The van der Waals surface area contributed by atoms with Gasteiger partial charge in [0.05, 0.1) is 17.1 Å². The molecule has 1 aliphatic heterocycles. The standard InChI is InChI=1S/C24H32N2O4S/c1-17-12-13-20-19(14-17)26(31(28,29)18-10-8-7-9-11-18)15-21(30-20)22(27)25-24(5,6)16-23(2,3)4/h7-14,21H,15-16H2,1-6H3,(H,25,27)/t21-/m1/s1. The van der Waals surface area contributed by atoms with E-state index < -0.39 is 21.7 Å². The van der Waals surface area contributed by atoms with Crippen LogP contribution in [0.1, 0.15) is 46.6 Å². The normalized spacial score (nSPS) is 17.0. The Balaban J connectivity index is 1.94. The molecule has 1 aliphatic rings. The number of sulfonamides is 1. The molecule has 0 aromatic heterocycles. The number of amides is 1. The van der Waals surface area contributed by atoms with Crippen molar-refractivity contribution < 1.29 is 17.9 Å². The van der Waals surface area contributed by atoms with Crippen molar-refractivity contribution in [3.05, 3.63) is 54.1 Å². The molecule has 31 heavy (non-hydrogen) atoms. The Morgan fingerprint density at radius 1 is 1.10 bits per heavy atom. The number of anilines is 1. The summed E-state index contributed by atoms with van der Waals surface area (Å²) in [5.41, 5.74) is 0.915. The Bertz CT molecular complexity index is 1060. The molecular weight excluding hydrogens is 412 g/mol. The number of benzene rings is 2. The SMILES string of the molecule is Cc1ccc2c(c1)N(S(=O)(=O)c1ccccc1)C[C@H](C(=O)NC(C)(C)CC(C)(C)C)O2. The van der Waals surface area contributed by atoms with Gasteiger partial charge in [-0.05, 0) is 62.4 Å². The monoisotopic (exact) mass is 444 g/mol. The largest absolute Gasteiger partial charge is 0.476 e. The van der Waals surface area contributed by atoms with Crippen molar-refractivity contribution in [1.82, 2.24) is 5.32 Å². The highest BCUT2D eigenvalue weighted by molar-refractivity contribution is 7.92. The Kier molecular flexibility index (Phi) is 6.11. The quantitative estimate of drug-likeness (QED) is 0.747. The molecule has 0 saturated heterocycles. The molecular formula is C24H32N2O4S. The molecule has 1 heterocycles. The second-order valence-electron chi connectivity index (χ2n) is 10.0. The average molecular weight is 445 g/mol. The van der Waals surface area contributed by atoms with Crippen LogP contribution < -0.4 is 14.4 Å². The van der Waals surface area contributed by atoms with Crippen LogP contribution in [-0.2, 0) is 14.8 Å². The summed E-state index contributed by atoms with van der Waals surface area (Å²) in [7, 11) is -3.86. The van der Waals surface area contributed by atoms with Gasteiger partial charge in [0.15, 0.2) is 6.10 Å². The van der Waals surface area contributed by atoms with Gasteiger partial charge in [-0.25, -0.2) is 8.42 Å². The maximum Gasteiger partial charge on any atom is 0.264 e. The lowest BCUT2D eigenvalue weighted by Gasteiger charge is -2.38. The summed E-state index contributed by atoms with van der Waals surface area (Å²) in [6.45, 7) is 12.1. The second kappa shape index (κ2) is 8.19. The molecule has 3 rings (SSSR count). The summed E-state index contributed by atoms with van der Waals surface area (Å²) in [4.78, 5) is 13.3. The Morgan fingerprint density at radius 3 is 2.35 bits per heavy atom. The van der Waals surface area contributed by atoms with Gasteiger partial charge in [-0.15, -0.1) is 0 Å². The van der Waals surface area contributed by atoms with Crippen molar-refractivity contribution in [2.24, 2.45) is 5.41 Å². The Morgan fingerprint density at radius 2 is 1.74 bits per heavy atom. The molecule has 0 spiro atoms. The number of carbonyl (C=O) groups is 1. The highest BCUT2D eigenvalue weighted by atomic mass is 32.2. The fourth-order valence-electron chi connectivity index (χ4n) is 4.23. The van der Waals surface area contributed by atoms with E-state index in [1.807, 2.05) is 26.8 Å². The van der Waals surface area contributed by atoms with E-state index >= 15 is 0 Å². The summed E-state index contributed by atoms with van der Waals surface area (Å²) >= 11 is 0. The van der Waals surface area contributed by atoms with E-state index in [1.54, 1.807) is 42.5 Å². The van der Waals surface area contributed by atoms with E-state index in [0.29, 0.717) is 11.4 Å². The van der Waals surface area contributed by atoms with Crippen molar-refractivity contribution in [1.29, 1.82) is 0 Å². The van der Waals surface area contributed by atoms with Crippen LogP contribution in [0.5, 0.6) is 5.75 Å². The average Bonchev–Trinajstić information content (AvgIpc) is 2.65. The zero-order valence-corrected chi connectivity index (χ0v) is 19.9. The lowest BCUT2D eigenvalue weighted by Crippen LogP contribution is -2.55. The van der Waals surface area contributed by atoms with Gasteiger partial charge in [-0.1, -0.05) is 45.0 Å². The first-order valence-electron chi connectivity index (χ1n) is 10.5. The topological polar surface area (TPSA) is 75.7 Å². The summed E-state index contributed by atoms with van der Waals surface area (Å²) in [5.74, 6) is 0.0545. The van der Waals surface area contributed by atoms with Crippen LogP contribution in [0.4, 0.5) is 5.69 Å². The van der Waals surface area contributed by atoms with Gasteiger partial charge in [-0.2, -0.15) is 0 Å². The number of fused-ring (bicyclic) bond motifs is 1. The number of aryl methyl sites for hydroxylation is 1. The number of hydrogen-bond donors (Lipinski definition) is 1. The molecule has 7 heteroatoms. The highest BCUT2D eigenvalue weighted by Crippen LogP contribution is 2.38. The van der Waals surface area contributed by atoms with E-state index in [0.717, 1.165) is 12.0 Å². The van der Waals surface area contributed by atoms with Crippen LogP contribution in [0.3, 0.4) is 0 Å². The fraction of sp³-hybridized carbons (Fsp3) is 0.458. The molecule has 0 bridgehead atoms. The van der Waals surface area contributed by atoms with Crippen LogP contribution in [0.25, 0.3) is 0 Å². The predicted molar refractivity (Wildman–Crippen MR) is 123 cm³/mol. The van der Waals surface area contributed by atoms with E-state index in [1.165, 1.54) is 4.31 Å². The van der Waals surface area contributed by atoms with E-state index in [4.69, 9.17) is 4.74 Å². The first-order valence-corrected chi connectivity index (χ1v) is 11.9. The number of rotatable bonds is 5. The van der Waals surface area contributed by atoms with Crippen molar-refractivity contribution in [3.63, 3.8) is 0 Å². The van der Waals surface area contributed by atoms with Crippen molar-refractivity contribution >= 4 is 21.6 Å². The van der Waals surface area contributed by atoms with E-state index in [9.17, 15) is 13.2 Å². The maximum absolute atomic E-state index is 13.4. The first kappa shape index (κ1) is 23.1. The number of nitrogens with zero attached hydrogens (tertiary/aromatic N) is 1. The zero-order valence-electron chi connectivity index (χ0n) is 19.1. The third-order valence-electron chi connectivity index (χ3n) is 5.04. The van der Waals surface area contributed by atoms with Crippen LogP contribution in [0, 0.1) is 12.3 Å². The number of nitrogens with one attached hydrogen (secondary N) is 1. The van der Waals surface area contributed by atoms with Gasteiger partial charge >= 0.3 is 0 Å². The minimum atomic E-state index is -3.86. The minimum absolute atomic E-state index is 0.0248. The Hall–Kier alpha value is -2.54. The van der Waals surface area contributed by atoms with Crippen molar-refractivity contribution in [2.45, 2.75) is 64.5 Å². The highest BCUT2D eigenvalue weighted by Gasteiger charge is 2.39. The molecule has 0 saturated carbocycles. The number of hydrogen-bond acceptors (Lipinski definition) is 4. The van der Waals surface area contributed by atoms with Gasteiger partial charge in [0.25, 0.3) is 15.9 Å². The first-order chi connectivity index (χ1) is 14.3. The van der Waals surface area contributed by atoms with Gasteiger partial charge in [0.2, 0.25) is 0 Å². The summed E-state index contributed by atoms with van der Waals surface area (Å²) < 4.78 is 34.1. The van der Waals surface area contributed by atoms with Crippen LogP contribution in [-0.4, -0.2) is 32.5 Å². The maximum atomic E-state index is 13.4. The van der Waals surface area contributed by atoms with Crippen LogP contribution in [0.15, 0.2) is 53.4 Å². The minimum Gasteiger partial charge on any atom is -0.476 e. The molecule has 0 radical (unpaired) electrons. The molecule has 2 aromatic rings. The fourth-order valence-corrected chi connectivity index (χ4v) is 5.72. The number of carbonyl (C=O) groups excluding carboxylic acids is 1. The van der Waals surface area contributed by atoms with Gasteiger partial charge < -0.3 is 10.1 Å². The third kappa shape index (κ3) is 5.39. The van der Waals surface area contributed by atoms with E-state index in [2.05, 4.69) is 26.1 Å². The molecule has 1 atom stereocenters. The van der Waals surface area contributed by atoms with Crippen molar-refractivity contribution in [2.75, 3.05) is 10.8 Å². The van der Waals surface area contributed by atoms with Crippen LogP contribution in [0.2, 0.25) is 0 Å². The second-order valence-corrected chi connectivity index (χ2v) is 11.9. The zero-order chi connectivity index (χ0) is 23.0. The molecule has 0 aliphatic carbocycles. The lowest BCUT2D eigenvalue weighted by molar-refractivity contribution is -0.129. The summed E-state index contributed by atoms with van der Waals surface area (Å²) in [5, 5.41) is 3.05. The third-order valence-corrected chi connectivity index (χ3v) is 6.84. The molecule has 0 unspecified atom stereocenters. The summed E-state index contributed by atoms with van der Waals surface area (Å²) in [6, 6.07) is 13.6. The molecule has 1 N–H and O–H groups in total. The van der Waals surface area contributed by atoms with Crippen molar-refractivity contribution in [3.8, 4) is 5.75 Å². The lowest BCUT2D eigenvalue weighted by atomic mass is 9.81. The van der Waals surface area contributed by atoms with Gasteiger partial charge in [-0.3, -0.25) is 9.10 Å². The molecule has 6 nitrogen and oxygen atoms in total. The summed E-state index contributed by atoms with van der Waals surface area (Å²) in [6.07, 6.45) is -0.187. The molecule has 168 valence electrons. The molecule has 0 fully saturated rings. The van der Waals surface area contributed by atoms with Gasteiger partial charge in [0.1, 0.15) is 5.75 Å². The van der Waals surface area contributed by atoms with Crippen LogP contribution >= 0.6 is 0 Å².